The summed E-state index contributed by atoms with van der Waals surface area (Å²) in [6, 6.07) is 12.8. The second-order valence-corrected chi connectivity index (χ2v) is 5.72. The predicted octanol–water partition coefficient (Wildman–Crippen LogP) is 3.72. The van der Waals surface area contributed by atoms with Crippen LogP contribution in [0.2, 0.25) is 0 Å². The highest BCUT2D eigenvalue weighted by Crippen LogP contribution is 2.37. The summed E-state index contributed by atoms with van der Waals surface area (Å²) in [5.41, 5.74) is 2.11. The van der Waals surface area contributed by atoms with Gasteiger partial charge in [0.25, 0.3) is 0 Å². The van der Waals surface area contributed by atoms with E-state index in [1.165, 1.54) is 6.08 Å². The molecule has 0 aliphatic carbocycles. The number of carbonyl (C=O) groups is 2. The molecule has 1 heterocycles. The topological polar surface area (TPSA) is 61.8 Å². The molecule has 0 saturated carbocycles. The van der Waals surface area contributed by atoms with Crippen molar-refractivity contribution >= 4 is 17.8 Å². The van der Waals surface area contributed by atoms with E-state index >= 15 is 0 Å². The minimum Gasteiger partial charge on any atom is -0.482 e. The third kappa shape index (κ3) is 3.83. The predicted molar refractivity (Wildman–Crippen MR) is 97.2 cm³/mol. The van der Waals surface area contributed by atoms with Gasteiger partial charge in [-0.25, -0.2) is 4.79 Å². The first-order chi connectivity index (χ1) is 12.6. The van der Waals surface area contributed by atoms with Crippen molar-refractivity contribution in [2.75, 3.05) is 13.2 Å². The highest BCUT2D eigenvalue weighted by Gasteiger charge is 2.30. The van der Waals surface area contributed by atoms with Gasteiger partial charge in [0.15, 0.2) is 12.4 Å². The Morgan fingerprint density at radius 2 is 2.00 bits per heavy atom. The molecule has 0 amide bonds. The van der Waals surface area contributed by atoms with Crippen LogP contribution in [0.15, 0.2) is 60.9 Å². The van der Waals surface area contributed by atoms with Crippen molar-refractivity contribution in [2.24, 2.45) is 0 Å². The maximum Gasteiger partial charge on any atom is 0.344 e. The van der Waals surface area contributed by atoms with Gasteiger partial charge >= 0.3 is 5.97 Å². The van der Waals surface area contributed by atoms with E-state index < -0.39 is 5.97 Å². The number of allylic oxidation sites excluding steroid dienone is 1. The first-order valence-corrected chi connectivity index (χ1v) is 8.11. The van der Waals surface area contributed by atoms with Crippen LogP contribution in [0.5, 0.6) is 11.5 Å². The third-order valence-corrected chi connectivity index (χ3v) is 3.76. The molecule has 0 fully saturated rings. The smallest absolute Gasteiger partial charge is 0.344 e. The van der Waals surface area contributed by atoms with Gasteiger partial charge < -0.3 is 14.2 Å². The van der Waals surface area contributed by atoms with Crippen LogP contribution in [-0.4, -0.2) is 25.0 Å². The Kier molecular flexibility index (Phi) is 5.17. The molecule has 0 N–H and O–H groups in total. The van der Waals surface area contributed by atoms with Crippen molar-refractivity contribution in [1.82, 2.24) is 0 Å². The van der Waals surface area contributed by atoms with Crippen molar-refractivity contribution in [3.05, 3.63) is 77.6 Å². The molecule has 2 aromatic carbocycles. The molecule has 0 saturated heterocycles. The average Bonchev–Trinajstić information content (AvgIpc) is 2.95. The van der Waals surface area contributed by atoms with Crippen molar-refractivity contribution in [1.29, 1.82) is 0 Å². The van der Waals surface area contributed by atoms with E-state index in [0.29, 0.717) is 17.1 Å². The second-order valence-electron chi connectivity index (χ2n) is 5.72. The summed E-state index contributed by atoms with van der Waals surface area (Å²) in [7, 11) is 0. The van der Waals surface area contributed by atoms with Crippen LogP contribution < -0.4 is 9.47 Å². The van der Waals surface area contributed by atoms with Gasteiger partial charge in [-0.05, 0) is 30.2 Å². The number of ether oxygens (including phenoxy) is 3. The fourth-order valence-corrected chi connectivity index (χ4v) is 2.60. The number of rotatable bonds is 6. The summed E-state index contributed by atoms with van der Waals surface area (Å²) >= 11 is 0. The van der Waals surface area contributed by atoms with Gasteiger partial charge in [-0.15, -0.1) is 0 Å². The Bertz CT molecular complexity index is 881. The normalized spacial score (nSPS) is 13.9. The maximum absolute atomic E-state index is 12.6. The number of fused-ring (bicyclic) bond motifs is 1. The van der Waals surface area contributed by atoms with E-state index in [1.54, 1.807) is 25.1 Å². The largest absolute Gasteiger partial charge is 0.482 e. The number of esters is 1. The lowest BCUT2D eigenvalue weighted by Gasteiger charge is -2.08. The van der Waals surface area contributed by atoms with Crippen molar-refractivity contribution in [3.63, 3.8) is 0 Å². The summed E-state index contributed by atoms with van der Waals surface area (Å²) in [6.07, 6.45) is 3.19. The molecular weight excluding hydrogens is 332 g/mol. The minimum absolute atomic E-state index is 0.136. The van der Waals surface area contributed by atoms with Crippen LogP contribution in [0.25, 0.3) is 6.08 Å². The fraction of sp³-hybridized carbons (Fsp3) is 0.143. The molecule has 0 spiro atoms. The lowest BCUT2D eigenvalue weighted by atomic mass is 10.0. The number of hydrogen-bond donors (Lipinski definition) is 0. The van der Waals surface area contributed by atoms with Gasteiger partial charge in [-0.1, -0.05) is 43.0 Å². The molecule has 1 aliphatic heterocycles. The van der Waals surface area contributed by atoms with E-state index in [4.69, 9.17) is 14.2 Å². The summed E-state index contributed by atoms with van der Waals surface area (Å²) in [4.78, 5) is 24.1. The average molecular weight is 350 g/mol. The molecule has 132 valence electrons. The Balaban J connectivity index is 1.77. The number of Topliss-reactive ketones (excluding diaryl/α,β-unsaturated/α-hetero) is 1. The Hall–Kier alpha value is -3.34. The van der Waals surface area contributed by atoms with E-state index in [2.05, 4.69) is 6.58 Å². The van der Waals surface area contributed by atoms with Gasteiger partial charge in [0, 0.05) is 6.07 Å². The van der Waals surface area contributed by atoms with E-state index in [9.17, 15) is 9.59 Å². The molecule has 26 heavy (non-hydrogen) atoms. The van der Waals surface area contributed by atoms with Crippen molar-refractivity contribution in [2.45, 2.75) is 6.92 Å². The maximum atomic E-state index is 12.6. The van der Waals surface area contributed by atoms with Crippen molar-refractivity contribution < 1.29 is 23.8 Å². The van der Waals surface area contributed by atoms with Gasteiger partial charge in [0.05, 0.1) is 5.56 Å². The van der Waals surface area contributed by atoms with Gasteiger partial charge in [0.2, 0.25) is 5.78 Å². The molecule has 5 heteroatoms. The summed E-state index contributed by atoms with van der Waals surface area (Å²) in [5, 5.41) is 0. The number of benzene rings is 2. The number of aryl methyl sites for hydroxylation is 1. The molecule has 2 aromatic rings. The summed E-state index contributed by atoms with van der Waals surface area (Å²) in [5.74, 6) is 0.456. The number of carbonyl (C=O) groups excluding carboxylic acids is 2. The van der Waals surface area contributed by atoms with Gasteiger partial charge in [0.1, 0.15) is 18.1 Å². The standard InChI is InChI=1S/C21H18O5/c1-3-9-24-19(22)13-25-16-10-14(2)20-17(12-16)26-18(21(20)23)11-15-7-5-4-6-8-15/h3-8,10-12H,1,9,13H2,2H3/b18-11-. The highest BCUT2D eigenvalue weighted by atomic mass is 16.6. The molecule has 0 unspecified atom stereocenters. The van der Waals surface area contributed by atoms with Crippen molar-refractivity contribution in [3.8, 4) is 11.5 Å². The van der Waals surface area contributed by atoms with Crippen LogP contribution in [0, 0.1) is 6.92 Å². The molecule has 3 rings (SSSR count). The lowest BCUT2D eigenvalue weighted by molar-refractivity contribution is -0.144. The number of hydrogen-bond acceptors (Lipinski definition) is 5. The monoisotopic (exact) mass is 350 g/mol. The Labute approximate surface area is 151 Å². The van der Waals surface area contributed by atoms with Crippen LogP contribution in [0.4, 0.5) is 0 Å². The molecule has 5 nitrogen and oxygen atoms in total. The molecular formula is C21H18O5. The molecule has 0 aromatic heterocycles. The Morgan fingerprint density at radius 3 is 2.73 bits per heavy atom. The summed E-state index contributed by atoms with van der Waals surface area (Å²) in [6.45, 7) is 5.18. The zero-order valence-corrected chi connectivity index (χ0v) is 14.4. The third-order valence-electron chi connectivity index (χ3n) is 3.76. The Morgan fingerprint density at radius 1 is 1.23 bits per heavy atom. The van der Waals surface area contributed by atoms with Gasteiger partial charge in [-0.3, -0.25) is 4.79 Å². The van der Waals surface area contributed by atoms with E-state index in [1.807, 2.05) is 30.3 Å². The lowest BCUT2D eigenvalue weighted by Crippen LogP contribution is -2.14. The zero-order valence-electron chi connectivity index (χ0n) is 14.4. The molecule has 0 bridgehead atoms. The van der Waals surface area contributed by atoms with Crippen LogP contribution in [0.1, 0.15) is 21.5 Å². The van der Waals surface area contributed by atoms with Gasteiger partial charge in [-0.2, -0.15) is 0 Å². The molecule has 0 radical (unpaired) electrons. The first-order valence-electron chi connectivity index (χ1n) is 8.11. The fourth-order valence-electron chi connectivity index (χ4n) is 2.60. The summed E-state index contributed by atoms with van der Waals surface area (Å²) < 4.78 is 16.0. The molecule has 1 aliphatic rings. The van der Waals surface area contributed by atoms with Crippen LogP contribution >= 0.6 is 0 Å². The van der Waals surface area contributed by atoms with Crippen LogP contribution in [0.3, 0.4) is 0 Å². The highest BCUT2D eigenvalue weighted by molar-refractivity contribution is 6.15. The zero-order chi connectivity index (χ0) is 18.5. The van der Waals surface area contributed by atoms with E-state index in [0.717, 1.165) is 11.1 Å². The van der Waals surface area contributed by atoms with E-state index in [-0.39, 0.29) is 24.8 Å². The first kappa shape index (κ1) is 17.5. The number of ketones is 1. The second kappa shape index (κ2) is 7.70. The minimum atomic E-state index is -0.496. The SMILES string of the molecule is C=CCOC(=O)COc1cc(C)c2c(c1)O/C(=C\c1ccccc1)C2=O. The quantitative estimate of drug-likeness (QED) is 0.451. The molecule has 0 atom stereocenters. The van der Waals surface area contributed by atoms with Crippen LogP contribution in [-0.2, 0) is 9.53 Å².